The number of morpholine rings is 1. The number of nitrogens with one attached hydrogen (secondary N) is 1. The number of carbonyl (C=O) groups is 3. The highest BCUT2D eigenvalue weighted by molar-refractivity contribution is 6.17. The minimum Gasteiger partial charge on any atom is -0.480 e. The zero-order valence-electron chi connectivity index (χ0n) is 30.4. The van der Waals surface area contributed by atoms with Crippen LogP contribution in [0.15, 0.2) is 42.5 Å². The lowest BCUT2D eigenvalue weighted by molar-refractivity contribution is -0.133. The minimum absolute atomic E-state index is 0.0141. The SMILES string of the molecule is COc1cc(C(=O)c2ccc(F)cc2C(=O)N(C)C)c(N2CCC3(CCN(Cc4ccc5c(cc(C#N)n5CCC5CNC(=O)CO5)c4C)C3)C2)nn1. The molecule has 2 amide bonds. The number of benzene rings is 2. The predicted octanol–water partition coefficient (Wildman–Crippen LogP) is 3.70. The Bertz CT molecular complexity index is 2130. The van der Waals surface area contributed by atoms with Gasteiger partial charge in [-0.05, 0) is 74.2 Å². The molecule has 14 heteroatoms. The van der Waals surface area contributed by atoms with Gasteiger partial charge in [-0.3, -0.25) is 19.3 Å². The zero-order chi connectivity index (χ0) is 37.4. The maximum atomic E-state index is 14.3. The summed E-state index contributed by atoms with van der Waals surface area (Å²) < 4.78 is 27.3. The van der Waals surface area contributed by atoms with Crippen molar-refractivity contribution < 1.29 is 28.2 Å². The fraction of sp³-hybridized carbons (Fsp3) is 0.436. The van der Waals surface area contributed by atoms with Gasteiger partial charge in [0.2, 0.25) is 11.8 Å². The molecule has 276 valence electrons. The van der Waals surface area contributed by atoms with Crippen LogP contribution < -0.4 is 15.0 Å². The van der Waals surface area contributed by atoms with Crippen LogP contribution in [0.5, 0.6) is 5.88 Å². The van der Waals surface area contributed by atoms with Crippen molar-refractivity contribution in [3.63, 3.8) is 0 Å². The van der Waals surface area contributed by atoms with Gasteiger partial charge in [-0.1, -0.05) is 6.07 Å². The van der Waals surface area contributed by atoms with E-state index in [9.17, 15) is 24.0 Å². The maximum absolute atomic E-state index is 14.3. The molecule has 0 aliphatic carbocycles. The number of amides is 2. The molecule has 2 aromatic heterocycles. The number of likely N-dealkylation sites (tertiary alicyclic amines) is 1. The standard InChI is InChI=1S/C39H43FN8O5/c1-24-25(5-8-33-30(24)16-27(18-41)48(33)12-9-28-19-42-34(49)21-53-28)20-46-13-10-39(22-46)11-14-47(23-39)37-32(17-35(52-4)43-44-37)36(50)29-7-6-26(40)15-31(29)38(51)45(2)3/h5-8,15-17,28H,9-14,19-23H2,1-4H3,(H,42,49). The number of hydrogen-bond acceptors (Lipinski definition) is 10. The van der Waals surface area contributed by atoms with E-state index in [0.717, 1.165) is 55.0 Å². The number of ketones is 1. The van der Waals surface area contributed by atoms with E-state index < -0.39 is 17.5 Å². The number of aromatic nitrogens is 3. The Morgan fingerprint density at radius 3 is 2.64 bits per heavy atom. The molecule has 0 bridgehead atoms. The van der Waals surface area contributed by atoms with E-state index >= 15 is 0 Å². The Kier molecular flexibility index (Phi) is 9.89. The summed E-state index contributed by atoms with van der Waals surface area (Å²) in [6.45, 7) is 7.18. The van der Waals surface area contributed by atoms with Crippen LogP contribution in [-0.4, -0.2) is 109 Å². The maximum Gasteiger partial charge on any atom is 0.254 e. The molecule has 53 heavy (non-hydrogen) atoms. The number of nitriles is 1. The quantitative estimate of drug-likeness (QED) is 0.241. The number of methoxy groups -OCH3 is 1. The van der Waals surface area contributed by atoms with E-state index in [0.29, 0.717) is 44.1 Å². The lowest BCUT2D eigenvalue weighted by atomic mass is 9.86. The second-order valence-electron chi connectivity index (χ2n) is 14.6. The molecule has 2 atom stereocenters. The summed E-state index contributed by atoms with van der Waals surface area (Å²) in [6, 6.07) is 13.7. The molecule has 0 saturated carbocycles. The van der Waals surface area contributed by atoms with Crippen LogP contribution in [-0.2, 0) is 22.6 Å². The van der Waals surface area contributed by atoms with Crippen LogP contribution in [0.1, 0.15) is 62.4 Å². The number of anilines is 1. The van der Waals surface area contributed by atoms with Crippen molar-refractivity contribution in [2.75, 3.05) is 65.4 Å². The van der Waals surface area contributed by atoms with Crippen molar-refractivity contribution in [1.29, 1.82) is 5.26 Å². The number of ether oxygens (including phenoxy) is 2. The Labute approximate surface area is 307 Å². The third-order valence-electron chi connectivity index (χ3n) is 11.0. The molecule has 3 aliphatic rings. The summed E-state index contributed by atoms with van der Waals surface area (Å²) >= 11 is 0. The van der Waals surface area contributed by atoms with Crippen LogP contribution in [0.3, 0.4) is 0 Å². The lowest BCUT2D eigenvalue weighted by Crippen LogP contribution is -2.43. The van der Waals surface area contributed by atoms with Gasteiger partial charge < -0.3 is 29.2 Å². The largest absolute Gasteiger partial charge is 0.480 e. The zero-order valence-corrected chi connectivity index (χ0v) is 30.4. The summed E-state index contributed by atoms with van der Waals surface area (Å²) in [5.74, 6) is -1.07. The van der Waals surface area contributed by atoms with Crippen molar-refractivity contribution >= 4 is 34.3 Å². The Balaban J connectivity index is 1.07. The highest BCUT2D eigenvalue weighted by atomic mass is 19.1. The van der Waals surface area contributed by atoms with Crippen molar-refractivity contribution in [1.82, 2.24) is 29.9 Å². The molecule has 13 nitrogen and oxygen atoms in total. The van der Waals surface area contributed by atoms with Gasteiger partial charge in [0.1, 0.15) is 24.2 Å². The molecule has 5 heterocycles. The highest BCUT2D eigenvalue weighted by Crippen LogP contribution is 2.42. The van der Waals surface area contributed by atoms with E-state index in [4.69, 9.17) is 9.47 Å². The Hall–Kier alpha value is -5.39. The summed E-state index contributed by atoms with van der Waals surface area (Å²) in [5, 5.41) is 22.5. The van der Waals surface area contributed by atoms with Crippen LogP contribution >= 0.6 is 0 Å². The first-order valence-electron chi connectivity index (χ1n) is 17.8. The summed E-state index contributed by atoms with van der Waals surface area (Å²) in [6.07, 6.45) is 2.49. The Morgan fingerprint density at radius 2 is 1.91 bits per heavy atom. The second-order valence-corrected chi connectivity index (χ2v) is 14.6. The predicted molar refractivity (Wildman–Crippen MR) is 194 cm³/mol. The van der Waals surface area contributed by atoms with E-state index in [1.54, 1.807) is 14.1 Å². The third kappa shape index (κ3) is 7.06. The molecule has 2 aromatic carbocycles. The molecule has 3 saturated heterocycles. The average Bonchev–Trinajstić information content (AvgIpc) is 3.88. The molecule has 0 radical (unpaired) electrons. The van der Waals surface area contributed by atoms with Crippen LogP contribution in [0, 0.1) is 29.5 Å². The second kappa shape index (κ2) is 14.6. The number of hydrogen-bond donors (Lipinski definition) is 1. The number of aryl methyl sites for hydroxylation is 2. The monoisotopic (exact) mass is 722 g/mol. The van der Waals surface area contributed by atoms with Crippen LogP contribution in [0.4, 0.5) is 10.2 Å². The number of carbonyl (C=O) groups excluding carboxylic acids is 3. The van der Waals surface area contributed by atoms with Gasteiger partial charge >= 0.3 is 0 Å². The van der Waals surface area contributed by atoms with Crippen molar-refractivity contribution in [3.8, 4) is 11.9 Å². The first-order chi connectivity index (χ1) is 25.5. The van der Waals surface area contributed by atoms with E-state index in [2.05, 4.69) is 50.4 Å². The molecule has 3 fully saturated rings. The number of fused-ring (bicyclic) bond motifs is 1. The van der Waals surface area contributed by atoms with E-state index in [1.807, 2.05) is 10.6 Å². The average molecular weight is 723 g/mol. The van der Waals surface area contributed by atoms with Crippen molar-refractivity contribution in [3.05, 3.63) is 81.8 Å². The van der Waals surface area contributed by atoms with Gasteiger partial charge in [-0.25, -0.2) is 4.39 Å². The van der Waals surface area contributed by atoms with E-state index in [1.165, 1.54) is 35.8 Å². The smallest absolute Gasteiger partial charge is 0.254 e. The van der Waals surface area contributed by atoms with E-state index in [-0.39, 0.29) is 46.6 Å². The highest BCUT2D eigenvalue weighted by Gasteiger charge is 2.44. The molecular weight excluding hydrogens is 679 g/mol. The van der Waals surface area contributed by atoms with Gasteiger partial charge in [-0.15, -0.1) is 10.2 Å². The number of nitrogens with zero attached hydrogens (tertiary/aromatic N) is 7. The Morgan fingerprint density at radius 1 is 1.09 bits per heavy atom. The van der Waals surface area contributed by atoms with Crippen molar-refractivity contribution in [2.24, 2.45) is 5.41 Å². The number of rotatable bonds is 10. The molecule has 1 N–H and O–H groups in total. The van der Waals surface area contributed by atoms with Crippen LogP contribution in [0.25, 0.3) is 10.9 Å². The van der Waals surface area contributed by atoms with Gasteiger partial charge in [0.05, 0.1) is 24.3 Å². The first-order valence-corrected chi connectivity index (χ1v) is 17.8. The fourth-order valence-corrected chi connectivity index (χ4v) is 8.01. The first kappa shape index (κ1) is 36.0. The molecule has 1 spiro atoms. The molecular formula is C39H43FN8O5. The summed E-state index contributed by atoms with van der Waals surface area (Å²) in [5.41, 5.74) is 4.26. The van der Waals surface area contributed by atoms with Gasteiger partial charge in [0.15, 0.2) is 11.6 Å². The summed E-state index contributed by atoms with van der Waals surface area (Å²) in [4.78, 5) is 44.4. The topological polar surface area (TPSA) is 146 Å². The normalized spacial score (nSPS) is 20.2. The van der Waals surface area contributed by atoms with Crippen molar-refractivity contribution in [2.45, 2.75) is 45.4 Å². The number of halogens is 1. The van der Waals surface area contributed by atoms with Gasteiger partial charge in [0.25, 0.3) is 5.91 Å². The fourth-order valence-electron chi connectivity index (χ4n) is 8.01. The summed E-state index contributed by atoms with van der Waals surface area (Å²) in [7, 11) is 4.56. The molecule has 4 aromatic rings. The van der Waals surface area contributed by atoms with Gasteiger partial charge in [0, 0.05) is 81.3 Å². The molecule has 3 aliphatic heterocycles. The minimum atomic E-state index is -0.607. The molecule has 7 rings (SSSR count). The van der Waals surface area contributed by atoms with Gasteiger partial charge in [-0.2, -0.15) is 5.26 Å². The lowest BCUT2D eigenvalue weighted by Gasteiger charge is -2.26. The van der Waals surface area contributed by atoms with Crippen LogP contribution in [0.2, 0.25) is 0 Å². The third-order valence-corrected chi connectivity index (χ3v) is 11.0. The molecule has 2 unspecified atom stereocenters.